The minimum Gasteiger partial charge on any atom is -0.481 e. The topological polar surface area (TPSA) is 199 Å². The standard InChI is InChI=1S/C19H32N4O8/c1-4-9(2)14(20)18(29)23-7-5-6-12(23)16(27)22-15(10(3)24)17(28)21-11(19(30)31)8-13(25)26/h9-12,14-15,24H,4-8,20H2,1-3H3,(H,21,28)(H,22,27)(H,25,26)(H,30,31). The Kier molecular flexibility index (Phi) is 9.85. The van der Waals surface area contributed by atoms with Crippen molar-refractivity contribution >= 4 is 29.7 Å². The van der Waals surface area contributed by atoms with Crippen molar-refractivity contribution in [3.63, 3.8) is 0 Å². The number of aliphatic hydroxyl groups is 1. The zero-order valence-electron chi connectivity index (χ0n) is 17.9. The van der Waals surface area contributed by atoms with Gasteiger partial charge in [0.15, 0.2) is 0 Å². The van der Waals surface area contributed by atoms with E-state index in [1.54, 1.807) is 0 Å². The fourth-order valence-electron chi connectivity index (χ4n) is 3.28. The molecule has 0 aromatic heterocycles. The van der Waals surface area contributed by atoms with Crippen molar-refractivity contribution in [2.45, 2.75) is 76.7 Å². The van der Waals surface area contributed by atoms with Crippen LogP contribution < -0.4 is 16.4 Å². The molecule has 1 aliphatic heterocycles. The van der Waals surface area contributed by atoms with Gasteiger partial charge < -0.3 is 36.6 Å². The van der Waals surface area contributed by atoms with Crippen LogP contribution in [0.3, 0.4) is 0 Å². The van der Waals surface area contributed by atoms with Crippen molar-refractivity contribution in [1.82, 2.24) is 15.5 Å². The highest BCUT2D eigenvalue weighted by Gasteiger charge is 2.39. The predicted molar refractivity (Wildman–Crippen MR) is 108 cm³/mol. The molecule has 0 aromatic carbocycles. The first-order valence-electron chi connectivity index (χ1n) is 10.2. The van der Waals surface area contributed by atoms with Crippen LogP contribution in [0.25, 0.3) is 0 Å². The monoisotopic (exact) mass is 444 g/mol. The van der Waals surface area contributed by atoms with E-state index in [2.05, 4.69) is 5.32 Å². The third-order valence-electron chi connectivity index (χ3n) is 5.44. The van der Waals surface area contributed by atoms with Crippen LogP contribution in [0.2, 0.25) is 0 Å². The third-order valence-corrected chi connectivity index (χ3v) is 5.44. The first kappa shape index (κ1) is 26.3. The molecular weight excluding hydrogens is 412 g/mol. The lowest BCUT2D eigenvalue weighted by atomic mass is 9.98. The summed E-state index contributed by atoms with van der Waals surface area (Å²) in [6, 6.07) is -4.93. The average molecular weight is 444 g/mol. The Morgan fingerprint density at radius 1 is 1.13 bits per heavy atom. The molecule has 1 heterocycles. The Bertz CT molecular complexity index is 698. The second kappa shape index (κ2) is 11.6. The molecule has 0 aromatic rings. The van der Waals surface area contributed by atoms with Gasteiger partial charge in [0.1, 0.15) is 18.1 Å². The van der Waals surface area contributed by atoms with E-state index in [4.69, 9.17) is 15.9 Å². The van der Waals surface area contributed by atoms with Gasteiger partial charge >= 0.3 is 11.9 Å². The maximum atomic E-state index is 12.8. The number of nitrogens with zero attached hydrogens (tertiary/aromatic N) is 1. The molecule has 1 saturated heterocycles. The zero-order chi connectivity index (χ0) is 23.9. The highest BCUT2D eigenvalue weighted by atomic mass is 16.4. The van der Waals surface area contributed by atoms with E-state index in [1.807, 2.05) is 19.2 Å². The van der Waals surface area contributed by atoms with Crippen molar-refractivity contribution in [2.75, 3.05) is 6.54 Å². The number of nitrogens with two attached hydrogens (primary N) is 1. The Hall–Kier alpha value is -2.73. The van der Waals surface area contributed by atoms with Crippen LogP contribution >= 0.6 is 0 Å². The third kappa shape index (κ3) is 7.17. The second-order valence-electron chi connectivity index (χ2n) is 7.83. The first-order valence-corrected chi connectivity index (χ1v) is 10.2. The maximum Gasteiger partial charge on any atom is 0.326 e. The number of carbonyl (C=O) groups is 5. The molecule has 31 heavy (non-hydrogen) atoms. The molecule has 7 N–H and O–H groups in total. The molecular formula is C19H32N4O8. The number of amides is 3. The molecule has 1 aliphatic rings. The van der Waals surface area contributed by atoms with Gasteiger partial charge in [-0.3, -0.25) is 19.2 Å². The van der Waals surface area contributed by atoms with E-state index in [1.165, 1.54) is 11.8 Å². The van der Waals surface area contributed by atoms with Crippen molar-refractivity contribution in [1.29, 1.82) is 0 Å². The van der Waals surface area contributed by atoms with Gasteiger partial charge in [-0.15, -0.1) is 0 Å². The number of aliphatic carboxylic acids is 2. The molecule has 176 valence electrons. The summed E-state index contributed by atoms with van der Waals surface area (Å²) in [5, 5.41) is 32.1. The second-order valence-corrected chi connectivity index (χ2v) is 7.83. The fraction of sp³-hybridized carbons (Fsp3) is 0.737. The number of carbonyl (C=O) groups excluding carboxylic acids is 3. The highest BCUT2D eigenvalue weighted by Crippen LogP contribution is 2.21. The van der Waals surface area contributed by atoms with Gasteiger partial charge in [0.25, 0.3) is 0 Å². The minimum absolute atomic E-state index is 0.0880. The van der Waals surface area contributed by atoms with Crippen LogP contribution in [0.15, 0.2) is 0 Å². The number of aliphatic hydroxyl groups excluding tert-OH is 1. The minimum atomic E-state index is -1.73. The maximum absolute atomic E-state index is 12.8. The number of carboxylic acid groups (broad SMARTS) is 2. The van der Waals surface area contributed by atoms with Crippen LogP contribution in [0, 0.1) is 5.92 Å². The fourth-order valence-corrected chi connectivity index (χ4v) is 3.28. The molecule has 1 rings (SSSR count). The lowest BCUT2D eigenvalue weighted by molar-refractivity contribution is -0.148. The van der Waals surface area contributed by atoms with Gasteiger partial charge in [0, 0.05) is 6.54 Å². The summed E-state index contributed by atoms with van der Waals surface area (Å²) in [6.07, 6.45) is -0.697. The van der Waals surface area contributed by atoms with E-state index >= 15 is 0 Å². The molecule has 6 atom stereocenters. The largest absolute Gasteiger partial charge is 0.481 e. The summed E-state index contributed by atoms with van der Waals surface area (Å²) in [5.74, 6) is -5.22. The van der Waals surface area contributed by atoms with Crippen LogP contribution in [-0.2, 0) is 24.0 Å². The summed E-state index contributed by atoms with van der Waals surface area (Å²) in [6.45, 7) is 5.27. The highest BCUT2D eigenvalue weighted by molar-refractivity contribution is 5.95. The Morgan fingerprint density at radius 2 is 1.74 bits per heavy atom. The van der Waals surface area contributed by atoms with Gasteiger partial charge in [-0.2, -0.15) is 0 Å². The van der Waals surface area contributed by atoms with Gasteiger partial charge in [-0.05, 0) is 25.7 Å². The quantitative estimate of drug-likeness (QED) is 0.214. The van der Waals surface area contributed by atoms with Gasteiger partial charge in [0.05, 0.1) is 18.6 Å². The molecule has 6 unspecified atom stereocenters. The van der Waals surface area contributed by atoms with Crippen molar-refractivity contribution in [2.24, 2.45) is 11.7 Å². The molecule has 12 nitrogen and oxygen atoms in total. The number of nitrogens with one attached hydrogen (secondary N) is 2. The van der Waals surface area contributed by atoms with Gasteiger partial charge in [0.2, 0.25) is 17.7 Å². The molecule has 3 amide bonds. The Balaban J connectivity index is 2.91. The summed E-state index contributed by atoms with van der Waals surface area (Å²) >= 11 is 0. The first-order chi connectivity index (χ1) is 14.4. The van der Waals surface area contributed by atoms with Gasteiger partial charge in [-0.25, -0.2) is 4.79 Å². The number of likely N-dealkylation sites (tertiary alicyclic amines) is 1. The Labute approximate surface area is 180 Å². The van der Waals surface area contributed by atoms with Crippen molar-refractivity contribution in [3.05, 3.63) is 0 Å². The summed E-state index contributed by atoms with van der Waals surface area (Å²) < 4.78 is 0. The van der Waals surface area contributed by atoms with Crippen LogP contribution in [0.5, 0.6) is 0 Å². The van der Waals surface area contributed by atoms with Crippen LogP contribution in [0.1, 0.15) is 46.5 Å². The summed E-state index contributed by atoms with van der Waals surface area (Å²) in [5.41, 5.74) is 6.00. The molecule has 0 radical (unpaired) electrons. The molecule has 0 spiro atoms. The zero-order valence-corrected chi connectivity index (χ0v) is 17.9. The van der Waals surface area contributed by atoms with E-state index in [9.17, 15) is 29.1 Å². The Morgan fingerprint density at radius 3 is 2.23 bits per heavy atom. The van der Waals surface area contributed by atoms with Crippen LogP contribution in [0.4, 0.5) is 0 Å². The van der Waals surface area contributed by atoms with Crippen LogP contribution in [-0.4, -0.2) is 86.7 Å². The summed E-state index contributed by atoms with van der Waals surface area (Å²) in [4.78, 5) is 61.3. The normalized spacial score (nSPS) is 20.8. The molecule has 12 heteroatoms. The lowest BCUT2D eigenvalue weighted by Crippen LogP contribution is -2.59. The molecule has 0 bridgehead atoms. The van der Waals surface area contributed by atoms with E-state index < -0.39 is 60.4 Å². The number of hydrogen-bond donors (Lipinski definition) is 6. The lowest BCUT2D eigenvalue weighted by Gasteiger charge is -2.30. The van der Waals surface area contributed by atoms with E-state index in [-0.39, 0.29) is 11.8 Å². The average Bonchev–Trinajstić information content (AvgIpc) is 3.18. The predicted octanol–water partition coefficient (Wildman–Crippen LogP) is -1.74. The van der Waals surface area contributed by atoms with E-state index in [0.717, 1.165) is 0 Å². The number of carboxylic acids is 2. The van der Waals surface area contributed by atoms with Gasteiger partial charge in [-0.1, -0.05) is 20.3 Å². The molecule has 0 saturated carbocycles. The number of hydrogen-bond acceptors (Lipinski definition) is 7. The summed E-state index contributed by atoms with van der Waals surface area (Å²) in [7, 11) is 0. The smallest absolute Gasteiger partial charge is 0.326 e. The SMILES string of the molecule is CCC(C)C(N)C(=O)N1CCCC1C(=O)NC(C(=O)NC(CC(=O)O)C(=O)O)C(C)O. The molecule has 0 aliphatic carbocycles. The van der Waals surface area contributed by atoms with E-state index in [0.29, 0.717) is 25.8 Å². The number of rotatable bonds is 11. The van der Waals surface area contributed by atoms with Crippen molar-refractivity contribution < 1.29 is 39.3 Å². The molecule has 1 fully saturated rings. The van der Waals surface area contributed by atoms with Crippen molar-refractivity contribution in [3.8, 4) is 0 Å².